The van der Waals surface area contributed by atoms with E-state index in [1.165, 1.54) is 0 Å². The van der Waals surface area contributed by atoms with Crippen molar-refractivity contribution in [2.45, 2.75) is 6.92 Å². The molecule has 1 aromatic heterocycles. The minimum Gasteiger partial charge on any atom is -0.378 e. The molecule has 22 heavy (non-hydrogen) atoms. The molecule has 0 radical (unpaired) electrons. The smallest absolute Gasteiger partial charge is 0.131 e. The number of benzene rings is 1. The summed E-state index contributed by atoms with van der Waals surface area (Å²) in [5, 5.41) is 3.90. The number of nitrogens with zero attached hydrogens (tertiary/aromatic N) is 2. The molecule has 0 saturated carbocycles. The van der Waals surface area contributed by atoms with Gasteiger partial charge in [-0.3, -0.25) is 0 Å². The Hall–Kier alpha value is -2.26. The van der Waals surface area contributed by atoms with Gasteiger partial charge >= 0.3 is 0 Å². The molecule has 4 heteroatoms. The van der Waals surface area contributed by atoms with Gasteiger partial charge in [-0.15, -0.1) is 0 Å². The standard InChI is InChI=1S/C18H20ClN3/c1-5-13-7-12-17(21-18(13)16(19)6-2)20-14-8-10-15(11-9-14)22(3)4/h5-12H,1H2,2-4H3,(H,20,21)/b16-6+. The number of halogens is 1. The predicted octanol–water partition coefficient (Wildman–Crippen LogP) is 5.13. The molecule has 2 rings (SSSR count). The zero-order chi connectivity index (χ0) is 16.1. The van der Waals surface area contributed by atoms with E-state index in [2.05, 4.69) is 33.9 Å². The fraction of sp³-hybridized carbons (Fsp3) is 0.167. The van der Waals surface area contributed by atoms with Gasteiger partial charge in [0.1, 0.15) is 5.82 Å². The lowest BCUT2D eigenvalue weighted by molar-refractivity contribution is 1.13. The van der Waals surface area contributed by atoms with Crippen LogP contribution in [0.15, 0.2) is 49.1 Å². The topological polar surface area (TPSA) is 28.2 Å². The van der Waals surface area contributed by atoms with Crippen molar-refractivity contribution in [3.8, 4) is 0 Å². The zero-order valence-corrected chi connectivity index (χ0v) is 13.9. The molecule has 0 saturated heterocycles. The summed E-state index contributed by atoms with van der Waals surface area (Å²) in [6.45, 7) is 5.68. The number of nitrogens with one attached hydrogen (secondary N) is 1. The van der Waals surface area contributed by atoms with E-state index in [0.29, 0.717) is 5.03 Å². The molecule has 0 aliphatic rings. The van der Waals surface area contributed by atoms with Crippen LogP contribution in [0.2, 0.25) is 0 Å². The third-order valence-electron chi connectivity index (χ3n) is 3.28. The summed E-state index contributed by atoms with van der Waals surface area (Å²) in [6, 6.07) is 12.0. The molecule has 1 N–H and O–H groups in total. The normalized spacial score (nSPS) is 11.2. The molecule has 114 valence electrons. The minimum atomic E-state index is 0.613. The Bertz CT molecular complexity index is 688. The summed E-state index contributed by atoms with van der Waals surface area (Å²) in [5.41, 5.74) is 3.77. The van der Waals surface area contributed by atoms with E-state index in [4.69, 9.17) is 11.6 Å². The van der Waals surface area contributed by atoms with Crippen LogP contribution in [0.4, 0.5) is 17.2 Å². The number of hydrogen-bond acceptors (Lipinski definition) is 3. The lowest BCUT2D eigenvalue weighted by atomic mass is 10.1. The first-order chi connectivity index (χ1) is 10.5. The number of hydrogen-bond donors (Lipinski definition) is 1. The molecule has 0 unspecified atom stereocenters. The Balaban J connectivity index is 2.28. The summed E-state index contributed by atoms with van der Waals surface area (Å²) in [7, 11) is 4.03. The van der Waals surface area contributed by atoms with Gasteiger partial charge in [-0.05, 0) is 43.3 Å². The van der Waals surface area contributed by atoms with Gasteiger partial charge in [-0.2, -0.15) is 0 Å². The van der Waals surface area contributed by atoms with Crippen molar-refractivity contribution in [2.75, 3.05) is 24.3 Å². The molecule has 0 amide bonds. The Morgan fingerprint density at radius 2 is 1.86 bits per heavy atom. The largest absolute Gasteiger partial charge is 0.378 e. The van der Waals surface area contributed by atoms with Crippen LogP contribution in [0.3, 0.4) is 0 Å². The van der Waals surface area contributed by atoms with Crippen LogP contribution in [0.1, 0.15) is 18.2 Å². The van der Waals surface area contributed by atoms with E-state index in [1.54, 1.807) is 6.08 Å². The Morgan fingerprint density at radius 1 is 1.18 bits per heavy atom. The average Bonchev–Trinajstić information content (AvgIpc) is 2.54. The average molecular weight is 314 g/mol. The molecular weight excluding hydrogens is 294 g/mol. The molecule has 0 spiro atoms. The van der Waals surface area contributed by atoms with E-state index in [9.17, 15) is 0 Å². The summed E-state index contributed by atoms with van der Waals surface area (Å²) in [6.07, 6.45) is 3.58. The third-order valence-corrected chi connectivity index (χ3v) is 3.68. The number of rotatable bonds is 5. The zero-order valence-electron chi connectivity index (χ0n) is 13.1. The van der Waals surface area contributed by atoms with Crippen molar-refractivity contribution in [1.82, 2.24) is 4.98 Å². The van der Waals surface area contributed by atoms with Crippen LogP contribution in [0.25, 0.3) is 11.1 Å². The van der Waals surface area contributed by atoms with Gasteiger partial charge in [0.2, 0.25) is 0 Å². The fourth-order valence-corrected chi connectivity index (χ4v) is 2.17. The van der Waals surface area contributed by atoms with Crippen LogP contribution in [-0.2, 0) is 0 Å². The first-order valence-corrected chi connectivity index (χ1v) is 7.43. The summed E-state index contributed by atoms with van der Waals surface area (Å²) >= 11 is 6.22. The van der Waals surface area contributed by atoms with Crippen molar-refractivity contribution in [3.05, 3.63) is 60.3 Å². The van der Waals surface area contributed by atoms with Crippen molar-refractivity contribution >= 4 is 39.9 Å². The van der Waals surface area contributed by atoms with E-state index in [0.717, 1.165) is 28.5 Å². The van der Waals surface area contributed by atoms with E-state index >= 15 is 0 Å². The summed E-state index contributed by atoms with van der Waals surface area (Å²) in [4.78, 5) is 6.63. The van der Waals surface area contributed by atoms with Crippen molar-refractivity contribution < 1.29 is 0 Å². The highest BCUT2D eigenvalue weighted by Gasteiger charge is 2.07. The van der Waals surface area contributed by atoms with Crippen molar-refractivity contribution in [1.29, 1.82) is 0 Å². The number of aromatic nitrogens is 1. The number of pyridine rings is 1. The van der Waals surface area contributed by atoms with Crippen LogP contribution < -0.4 is 10.2 Å². The molecule has 1 aromatic carbocycles. The van der Waals surface area contributed by atoms with Crippen LogP contribution in [-0.4, -0.2) is 19.1 Å². The monoisotopic (exact) mass is 313 g/mol. The molecule has 0 fully saturated rings. The minimum absolute atomic E-state index is 0.613. The Kier molecular flexibility index (Phi) is 5.23. The lowest BCUT2D eigenvalue weighted by Gasteiger charge is -2.14. The molecule has 1 heterocycles. The molecule has 0 aliphatic carbocycles. The molecular formula is C18H20ClN3. The van der Waals surface area contributed by atoms with Gasteiger partial charge in [0.05, 0.1) is 10.7 Å². The summed E-state index contributed by atoms with van der Waals surface area (Å²) in [5.74, 6) is 0.748. The Morgan fingerprint density at radius 3 is 2.41 bits per heavy atom. The highest BCUT2D eigenvalue weighted by atomic mass is 35.5. The van der Waals surface area contributed by atoms with Gasteiger partial charge in [-0.25, -0.2) is 4.98 Å². The quantitative estimate of drug-likeness (QED) is 0.829. The summed E-state index contributed by atoms with van der Waals surface area (Å²) < 4.78 is 0. The molecule has 0 atom stereocenters. The predicted molar refractivity (Wildman–Crippen MR) is 97.9 cm³/mol. The van der Waals surface area contributed by atoms with Crippen LogP contribution in [0, 0.1) is 0 Å². The lowest BCUT2D eigenvalue weighted by Crippen LogP contribution is -2.08. The van der Waals surface area contributed by atoms with Crippen LogP contribution >= 0.6 is 11.6 Å². The van der Waals surface area contributed by atoms with Gasteiger partial charge in [-0.1, -0.05) is 30.3 Å². The SMILES string of the molecule is C=Cc1ccc(Nc2ccc(N(C)C)cc2)nc1/C(Cl)=C\C. The first-order valence-electron chi connectivity index (χ1n) is 7.05. The fourth-order valence-electron chi connectivity index (χ4n) is 2.02. The number of anilines is 3. The highest BCUT2D eigenvalue weighted by molar-refractivity contribution is 6.48. The third kappa shape index (κ3) is 3.68. The van der Waals surface area contributed by atoms with E-state index in [1.807, 2.05) is 51.4 Å². The van der Waals surface area contributed by atoms with Crippen molar-refractivity contribution in [2.24, 2.45) is 0 Å². The van der Waals surface area contributed by atoms with Crippen LogP contribution in [0.5, 0.6) is 0 Å². The number of allylic oxidation sites excluding steroid dienone is 1. The first kappa shape index (κ1) is 16.1. The van der Waals surface area contributed by atoms with E-state index in [-0.39, 0.29) is 0 Å². The molecule has 3 nitrogen and oxygen atoms in total. The molecule has 0 bridgehead atoms. The maximum atomic E-state index is 6.22. The second kappa shape index (κ2) is 7.14. The van der Waals surface area contributed by atoms with E-state index < -0.39 is 0 Å². The second-order valence-corrected chi connectivity index (χ2v) is 5.45. The van der Waals surface area contributed by atoms with Gasteiger partial charge < -0.3 is 10.2 Å². The maximum absolute atomic E-state index is 6.22. The maximum Gasteiger partial charge on any atom is 0.131 e. The van der Waals surface area contributed by atoms with Gasteiger partial charge in [0, 0.05) is 31.0 Å². The van der Waals surface area contributed by atoms with Crippen molar-refractivity contribution in [3.63, 3.8) is 0 Å². The second-order valence-electron chi connectivity index (χ2n) is 5.04. The molecule has 0 aliphatic heterocycles. The molecule has 2 aromatic rings. The van der Waals surface area contributed by atoms with Gasteiger partial charge in [0.15, 0.2) is 0 Å². The highest BCUT2D eigenvalue weighted by Crippen LogP contribution is 2.25. The Labute approximate surface area is 136 Å². The van der Waals surface area contributed by atoms with Gasteiger partial charge in [0.25, 0.3) is 0 Å².